The number of benzene rings is 1. The zero-order valence-corrected chi connectivity index (χ0v) is 14.1. The van der Waals surface area contributed by atoms with Gasteiger partial charge >= 0.3 is 0 Å². The Labute approximate surface area is 143 Å². The molecule has 1 aliphatic carbocycles. The minimum Gasteiger partial charge on any atom is -0.354 e. The van der Waals surface area contributed by atoms with Gasteiger partial charge in [-0.2, -0.15) is 0 Å². The van der Waals surface area contributed by atoms with Gasteiger partial charge in [-0.25, -0.2) is 0 Å². The van der Waals surface area contributed by atoms with Crippen molar-refractivity contribution < 1.29 is 9.59 Å². The molecule has 1 aromatic carbocycles. The van der Waals surface area contributed by atoms with Crippen molar-refractivity contribution in [1.82, 2.24) is 16.0 Å². The van der Waals surface area contributed by atoms with Crippen LogP contribution in [0.25, 0.3) is 0 Å². The molecule has 0 unspecified atom stereocenters. The van der Waals surface area contributed by atoms with Gasteiger partial charge in [-0.05, 0) is 37.3 Å². The van der Waals surface area contributed by atoms with Gasteiger partial charge in [0.2, 0.25) is 11.8 Å². The molecule has 0 spiro atoms. The van der Waals surface area contributed by atoms with E-state index in [0.717, 1.165) is 38.8 Å². The maximum atomic E-state index is 12.7. The number of hydrogen-bond donors (Lipinski definition) is 3. The molecule has 1 aliphatic heterocycles. The van der Waals surface area contributed by atoms with E-state index in [4.69, 9.17) is 0 Å². The fraction of sp³-hybridized carbons (Fsp3) is 0.579. The van der Waals surface area contributed by atoms with Crippen LogP contribution < -0.4 is 16.0 Å². The quantitative estimate of drug-likeness (QED) is 0.735. The van der Waals surface area contributed by atoms with Gasteiger partial charge in [0.15, 0.2) is 0 Å². The van der Waals surface area contributed by atoms with E-state index in [1.807, 2.05) is 30.3 Å². The van der Waals surface area contributed by atoms with Gasteiger partial charge in [0.1, 0.15) is 0 Å². The summed E-state index contributed by atoms with van der Waals surface area (Å²) in [4.78, 5) is 24.6. The average molecular weight is 329 g/mol. The van der Waals surface area contributed by atoms with Crippen molar-refractivity contribution in [3.8, 4) is 0 Å². The number of rotatable bonds is 6. The second-order valence-corrected chi connectivity index (χ2v) is 7.00. The summed E-state index contributed by atoms with van der Waals surface area (Å²) in [5.41, 5.74) is 0.908. The molecule has 1 heterocycles. The van der Waals surface area contributed by atoms with Gasteiger partial charge in [0.05, 0.1) is 12.0 Å². The normalized spacial score (nSPS) is 25.8. The summed E-state index contributed by atoms with van der Waals surface area (Å²) >= 11 is 0. The van der Waals surface area contributed by atoms with E-state index in [-0.39, 0.29) is 23.8 Å². The van der Waals surface area contributed by atoms with Crippen LogP contribution >= 0.6 is 0 Å². The first-order valence-electron chi connectivity index (χ1n) is 9.00. The molecule has 0 radical (unpaired) electrons. The van der Waals surface area contributed by atoms with Crippen LogP contribution in [-0.4, -0.2) is 38.0 Å². The topological polar surface area (TPSA) is 70.2 Å². The van der Waals surface area contributed by atoms with Gasteiger partial charge in [0.25, 0.3) is 0 Å². The van der Waals surface area contributed by atoms with Crippen LogP contribution in [0.2, 0.25) is 0 Å². The van der Waals surface area contributed by atoms with Crippen LogP contribution in [0.4, 0.5) is 0 Å². The molecule has 1 saturated carbocycles. The van der Waals surface area contributed by atoms with Gasteiger partial charge in [-0.1, -0.05) is 43.2 Å². The predicted molar refractivity (Wildman–Crippen MR) is 93.4 cm³/mol. The Bertz CT molecular complexity index is 575. The number of hydrogen-bond acceptors (Lipinski definition) is 3. The van der Waals surface area contributed by atoms with Crippen LogP contribution in [-0.2, 0) is 16.0 Å². The van der Waals surface area contributed by atoms with E-state index in [2.05, 4.69) is 16.0 Å². The number of carbonyl (C=O) groups is 2. The van der Waals surface area contributed by atoms with Gasteiger partial charge in [-0.3, -0.25) is 9.59 Å². The minimum atomic E-state index is -0.289. The van der Waals surface area contributed by atoms with E-state index < -0.39 is 0 Å². The number of carbonyl (C=O) groups excluding carboxylic acids is 2. The SMILES string of the molecule is O=C(CNC(=O)[C@@]12CCCC[C@H]1CNC2)NCCc1ccccc1. The largest absolute Gasteiger partial charge is 0.354 e. The molecule has 2 amide bonds. The minimum absolute atomic E-state index is 0.0513. The van der Waals surface area contributed by atoms with Crippen LogP contribution in [0.5, 0.6) is 0 Å². The van der Waals surface area contributed by atoms with E-state index in [9.17, 15) is 9.59 Å². The van der Waals surface area contributed by atoms with E-state index in [1.165, 1.54) is 12.0 Å². The standard InChI is InChI=1S/C19H27N3O2/c23-17(21-11-9-15-6-2-1-3-7-15)13-22-18(24)19-10-5-4-8-16(19)12-20-14-19/h1-3,6-7,16,20H,4-5,8-14H2,(H,21,23)(H,22,24)/t16-,19+/m0/s1. The fourth-order valence-electron chi connectivity index (χ4n) is 4.08. The van der Waals surface area contributed by atoms with Crippen molar-refractivity contribution in [2.24, 2.45) is 11.3 Å². The monoisotopic (exact) mass is 329 g/mol. The molecule has 3 N–H and O–H groups in total. The summed E-state index contributed by atoms with van der Waals surface area (Å²) in [7, 11) is 0. The highest BCUT2D eigenvalue weighted by molar-refractivity contribution is 5.88. The summed E-state index contributed by atoms with van der Waals surface area (Å²) in [6.07, 6.45) is 5.17. The van der Waals surface area contributed by atoms with Gasteiger partial charge in [-0.15, -0.1) is 0 Å². The lowest BCUT2D eigenvalue weighted by atomic mass is 9.67. The highest BCUT2D eigenvalue weighted by Crippen LogP contribution is 2.43. The first kappa shape index (κ1) is 17.0. The first-order valence-corrected chi connectivity index (χ1v) is 9.00. The Kier molecular flexibility index (Phi) is 5.51. The van der Waals surface area contributed by atoms with E-state index in [1.54, 1.807) is 0 Å². The molecular formula is C19H27N3O2. The lowest BCUT2D eigenvalue weighted by Gasteiger charge is -2.37. The van der Waals surface area contributed by atoms with Crippen LogP contribution in [0.1, 0.15) is 31.2 Å². The first-order chi connectivity index (χ1) is 11.7. The van der Waals surface area contributed by atoms with Gasteiger partial charge < -0.3 is 16.0 Å². The number of amides is 2. The third-order valence-corrected chi connectivity index (χ3v) is 5.48. The average Bonchev–Trinajstić information content (AvgIpc) is 3.06. The molecule has 0 bridgehead atoms. The Morgan fingerprint density at radius 3 is 2.83 bits per heavy atom. The third kappa shape index (κ3) is 3.78. The highest BCUT2D eigenvalue weighted by Gasteiger charge is 2.49. The van der Waals surface area contributed by atoms with E-state index in [0.29, 0.717) is 12.5 Å². The van der Waals surface area contributed by atoms with E-state index >= 15 is 0 Å². The van der Waals surface area contributed by atoms with Crippen LogP contribution in [0, 0.1) is 11.3 Å². The lowest BCUT2D eigenvalue weighted by Crippen LogP contribution is -2.50. The molecule has 2 atom stereocenters. The predicted octanol–water partition coefficient (Wildman–Crippen LogP) is 1.24. The third-order valence-electron chi connectivity index (χ3n) is 5.48. The molecule has 5 nitrogen and oxygen atoms in total. The molecular weight excluding hydrogens is 302 g/mol. The van der Waals surface area contributed by atoms with Crippen LogP contribution in [0.3, 0.4) is 0 Å². The zero-order chi connectivity index (χ0) is 16.8. The Morgan fingerprint density at radius 2 is 2.00 bits per heavy atom. The van der Waals surface area contributed by atoms with Crippen molar-refractivity contribution in [2.45, 2.75) is 32.1 Å². The van der Waals surface area contributed by atoms with Crippen molar-refractivity contribution in [3.05, 3.63) is 35.9 Å². The maximum absolute atomic E-state index is 12.7. The highest BCUT2D eigenvalue weighted by atomic mass is 16.2. The summed E-state index contributed by atoms with van der Waals surface area (Å²) in [6.45, 7) is 2.34. The Morgan fingerprint density at radius 1 is 1.17 bits per heavy atom. The van der Waals surface area contributed by atoms with Crippen molar-refractivity contribution in [2.75, 3.05) is 26.2 Å². The van der Waals surface area contributed by atoms with Crippen LogP contribution in [0.15, 0.2) is 30.3 Å². The molecule has 3 rings (SSSR count). The molecule has 0 aromatic heterocycles. The summed E-state index contributed by atoms with van der Waals surface area (Å²) < 4.78 is 0. The van der Waals surface area contributed by atoms with Crippen molar-refractivity contribution in [1.29, 1.82) is 0 Å². The maximum Gasteiger partial charge on any atom is 0.239 e. The Hall–Kier alpha value is -1.88. The summed E-state index contributed by atoms with van der Waals surface area (Å²) in [5, 5.41) is 9.11. The molecule has 24 heavy (non-hydrogen) atoms. The van der Waals surface area contributed by atoms with Crippen molar-refractivity contribution >= 4 is 11.8 Å². The summed E-state index contributed by atoms with van der Waals surface area (Å²) in [6, 6.07) is 10.1. The fourth-order valence-corrected chi connectivity index (χ4v) is 4.08. The number of fused-ring (bicyclic) bond motifs is 1. The summed E-state index contributed by atoms with van der Waals surface area (Å²) in [5.74, 6) is 0.358. The molecule has 2 fully saturated rings. The molecule has 130 valence electrons. The molecule has 1 saturated heterocycles. The van der Waals surface area contributed by atoms with Gasteiger partial charge in [0, 0.05) is 13.1 Å². The smallest absolute Gasteiger partial charge is 0.239 e. The molecule has 1 aromatic rings. The molecule has 2 aliphatic rings. The van der Waals surface area contributed by atoms with Crippen molar-refractivity contribution in [3.63, 3.8) is 0 Å². The second kappa shape index (κ2) is 7.79. The number of nitrogens with one attached hydrogen (secondary N) is 3. The second-order valence-electron chi connectivity index (χ2n) is 7.00. The lowest BCUT2D eigenvalue weighted by molar-refractivity contribution is -0.135. The zero-order valence-electron chi connectivity index (χ0n) is 14.1. The molecule has 5 heteroatoms. The Balaban J connectivity index is 1.41.